The Kier molecular flexibility index (Phi) is 6.08. The van der Waals surface area contributed by atoms with Crippen molar-refractivity contribution in [3.05, 3.63) is 52.5 Å². The van der Waals surface area contributed by atoms with E-state index in [1.54, 1.807) is 35.2 Å². The van der Waals surface area contributed by atoms with Crippen LogP contribution in [0.5, 0.6) is 5.75 Å². The summed E-state index contributed by atoms with van der Waals surface area (Å²) in [5.74, 6) is 0.133. The van der Waals surface area contributed by atoms with E-state index in [0.717, 1.165) is 5.69 Å². The first-order valence-corrected chi connectivity index (χ1v) is 10.7. The van der Waals surface area contributed by atoms with Gasteiger partial charge in [0.05, 0.1) is 12.1 Å². The number of anilines is 2. The highest BCUT2D eigenvalue weighted by atomic mass is 35.5. The molecule has 2 aromatic rings. The summed E-state index contributed by atoms with van der Waals surface area (Å²) in [6.07, 6.45) is 0.0453. The topological polar surface area (TPSA) is 74.2 Å². The molecule has 156 valence electrons. The Morgan fingerprint density at radius 1 is 1.27 bits per heavy atom. The fourth-order valence-electron chi connectivity index (χ4n) is 3.19. The molecule has 2 heterocycles. The maximum absolute atomic E-state index is 12.9. The van der Waals surface area contributed by atoms with E-state index in [4.69, 9.17) is 27.9 Å². The van der Waals surface area contributed by atoms with E-state index in [2.05, 4.69) is 10.3 Å². The van der Waals surface area contributed by atoms with E-state index >= 15 is 0 Å². The normalized spacial score (nSPS) is 18.2. The summed E-state index contributed by atoms with van der Waals surface area (Å²) in [7, 11) is 1.52. The van der Waals surface area contributed by atoms with E-state index in [0.29, 0.717) is 40.0 Å². The molecule has 2 aliphatic heterocycles. The Labute approximate surface area is 188 Å². The van der Waals surface area contributed by atoms with Crippen molar-refractivity contribution in [1.29, 1.82) is 0 Å². The average molecular weight is 465 g/mol. The zero-order valence-electron chi connectivity index (χ0n) is 16.0. The number of ether oxygens (including phenoxy) is 1. The van der Waals surface area contributed by atoms with Gasteiger partial charge in [-0.05, 0) is 42.5 Å². The summed E-state index contributed by atoms with van der Waals surface area (Å²) in [4.78, 5) is 33.4. The van der Waals surface area contributed by atoms with Gasteiger partial charge < -0.3 is 15.0 Å². The lowest BCUT2D eigenvalue weighted by Crippen LogP contribution is -2.46. The van der Waals surface area contributed by atoms with Crippen LogP contribution in [0, 0.1) is 0 Å². The van der Waals surface area contributed by atoms with Crippen molar-refractivity contribution >= 4 is 63.3 Å². The molecular formula is C20H18Cl2N4O3S. The average Bonchev–Trinajstić information content (AvgIpc) is 3.03. The Balaban J connectivity index is 1.38. The molecule has 1 atom stereocenters. The summed E-state index contributed by atoms with van der Waals surface area (Å²) >= 11 is 13.4. The van der Waals surface area contributed by atoms with E-state index in [9.17, 15) is 9.59 Å². The number of rotatable bonds is 5. The number of amidine groups is 1. The van der Waals surface area contributed by atoms with Gasteiger partial charge in [0.15, 0.2) is 5.17 Å². The highest BCUT2D eigenvalue weighted by Crippen LogP contribution is 2.33. The fourth-order valence-corrected chi connectivity index (χ4v) is 4.70. The second-order valence-electron chi connectivity index (χ2n) is 6.71. The minimum absolute atomic E-state index is 0.0453. The number of carbonyl (C=O) groups is 2. The lowest BCUT2D eigenvalue weighted by molar-refractivity contribution is -0.128. The summed E-state index contributed by atoms with van der Waals surface area (Å²) in [5.41, 5.74) is 1.47. The first-order valence-electron chi connectivity index (χ1n) is 9.11. The number of thioether (sulfide) groups is 1. The Hall–Kier alpha value is -2.42. The summed E-state index contributed by atoms with van der Waals surface area (Å²) in [6.45, 7) is 0.829. The molecule has 10 heteroatoms. The van der Waals surface area contributed by atoms with Gasteiger partial charge in [-0.15, -0.1) is 0 Å². The van der Waals surface area contributed by atoms with Gasteiger partial charge in [-0.1, -0.05) is 35.0 Å². The number of aliphatic imine (C=N–C) groups is 1. The Morgan fingerprint density at radius 3 is 2.73 bits per heavy atom. The number of nitrogens with one attached hydrogen (secondary N) is 1. The van der Waals surface area contributed by atoms with E-state index in [1.165, 1.54) is 18.9 Å². The molecule has 0 saturated carbocycles. The quantitative estimate of drug-likeness (QED) is 0.721. The first-order chi connectivity index (χ1) is 14.4. The lowest BCUT2D eigenvalue weighted by atomic mass is 10.2. The monoisotopic (exact) mass is 464 g/mol. The second kappa shape index (κ2) is 8.75. The maximum Gasteiger partial charge on any atom is 0.244 e. The van der Waals surface area contributed by atoms with Crippen molar-refractivity contribution in [3.63, 3.8) is 0 Å². The number of benzene rings is 2. The van der Waals surface area contributed by atoms with Crippen molar-refractivity contribution in [2.24, 2.45) is 4.99 Å². The van der Waals surface area contributed by atoms with Crippen LogP contribution >= 0.6 is 35.0 Å². The predicted molar refractivity (Wildman–Crippen MR) is 121 cm³/mol. The van der Waals surface area contributed by atoms with E-state index in [1.807, 2.05) is 17.0 Å². The summed E-state index contributed by atoms with van der Waals surface area (Å²) < 4.78 is 5.11. The standard InChI is InChI=1S/C20H18Cl2N4O3S/c1-29-16-7-4-13(8-15(16)22)24-18(27)9-17-19(28)26-11-25(10-23-20(26)30-17)14-5-2-12(21)3-6-14/h2-8,17H,9-11H2,1H3,(H,24,27). The fraction of sp³-hybridized carbons (Fsp3) is 0.250. The van der Waals surface area contributed by atoms with Crippen molar-refractivity contribution in [2.45, 2.75) is 11.7 Å². The molecule has 2 amide bonds. The van der Waals surface area contributed by atoms with E-state index < -0.39 is 5.25 Å². The molecule has 0 spiro atoms. The lowest BCUT2D eigenvalue weighted by Gasteiger charge is -2.32. The van der Waals surface area contributed by atoms with Gasteiger partial charge in [-0.25, -0.2) is 4.99 Å². The smallest absolute Gasteiger partial charge is 0.244 e. The third-order valence-corrected chi connectivity index (χ3v) is 6.47. The molecule has 0 aromatic heterocycles. The predicted octanol–water partition coefficient (Wildman–Crippen LogP) is 4.07. The number of halogens is 2. The molecule has 2 aromatic carbocycles. The van der Waals surface area contributed by atoms with Gasteiger partial charge >= 0.3 is 0 Å². The molecule has 1 unspecified atom stereocenters. The molecule has 30 heavy (non-hydrogen) atoms. The molecule has 7 nitrogen and oxygen atoms in total. The summed E-state index contributed by atoms with van der Waals surface area (Å²) in [6, 6.07) is 12.4. The van der Waals surface area contributed by atoms with Gasteiger partial charge in [-0.3, -0.25) is 14.5 Å². The molecule has 1 fully saturated rings. The highest BCUT2D eigenvalue weighted by molar-refractivity contribution is 8.15. The maximum atomic E-state index is 12.9. The van der Waals surface area contributed by atoms with Crippen LogP contribution in [-0.2, 0) is 9.59 Å². The zero-order chi connectivity index (χ0) is 21.3. The SMILES string of the molecule is COc1ccc(NC(=O)CC2SC3=NCN(c4ccc(Cl)cc4)CN3C2=O)cc1Cl. The highest BCUT2D eigenvalue weighted by Gasteiger charge is 2.41. The Bertz CT molecular complexity index is 1020. The van der Waals surface area contributed by atoms with Crippen LogP contribution in [0.1, 0.15) is 6.42 Å². The summed E-state index contributed by atoms with van der Waals surface area (Å²) in [5, 5.41) is 3.96. The van der Waals surface area contributed by atoms with Crippen LogP contribution in [0.25, 0.3) is 0 Å². The van der Waals surface area contributed by atoms with Gasteiger partial charge in [0.2, 0.25) is 11.8 Å². The van der Waals surface area contributed by atoms with Crippen LogP contribution in [0.3, 0.4) is 0 Å². The van der Waals surface area contributed by atoms with Crippen LogP contribution < -0.4 is 15.0 Å². The largest absolute Gasteiger partial charge is 0.495 e. The number of hydrogen-bond acceptors (Lipinski definition) is 6. The molecular weight excluding hydrogens is 447 g/mol. The number of fused-ring (bicyclic) bond motifs is 1. The number of methoxy groups -OCH3 is 1. The van der Waals surface area contributed by atoms with Gasteiger partial charge in [0.25, 0.3) is 0 Å². The van der Waals surface area contributed by atoms with Crippen LogP contribution in [0.15, 0.2) is 47.5 Å². The first kappa shape index (κ1) is 20.8. The number of carbonyl (C=O) groups excluding carboxylic acids is 2. The Morgan fingerprint density at radius 2 is 2.03 bits per heavy atom. The van der Waals surface area contributed by atoms with Gasteiger partial charge in [0, 0.05) is 22.8 Å². The van der Waals surface area contributed by atoms with Gasteiger partial charge in [-0.2, -0.15) is 0 Å². The van der Waals surface area contributed by atoms with Crippen molar-refractivity contribution < 1.29 is 14.3 Å². The third-order valence-electron chi connectivity index (χ3n) is 4.71. The third kappa shape index (κ3) is 4.35. The molecule has 1 N–H and O–H groups in total. The van der Waals surface area contributed by atoms with Crippen LogP contribution in [0.4, 0.5) is 11.4 Å². The van der Waals surface area contributed by atoms with Gasteiger partial charge in [0.1, 0.15) is 24.3 Å². The number of hydrogen-bond donors (Lipinski definition) is 1. The van der Waals surface area contributed by atoms with Crippen molar-refractivity contribution in [2.75, 3.05) is 30.7 Å². The molecule has 2 aliphatic rings. The van der Waals surface area contributed by atoms with Crippen LogP contribution in [0.2, 0.25) is 10.0 Å². The van der Waals surface area contributed by atoms with Crippen molar-refractivity contribution in [1.82, 2.24) is 4.90 Å². The zero-order valence-corrected chi connectivity index (χ0v) is 18.3. The minimum Gasteiger partial charge on any atom is -0.495 e. The number of amides is 2. The number of nitrogens with zero attached hydrogens (tertiary/aromatic N) is 3. The molecule has 4 rings (SSSR count). The molecule has 0 bridgehead atoms. The molecule has 1 saturated heterocycles. The minimum atomic E-state index is -0.511. The van der Waals surface area contributed by atoms with E-state index in [-0.39, 0.29) is 18.2 Å². The molecule has 0 radical (unpaired) electrons. The van der Waals surface area contributed by atoms with Crippen molar-refractivity contribution in [3.8, 4) is 5.75 Å². The van der Waals surface area contributed by atoms with Crippen LogP contribution in [-0.4, -0.2) is 47.6 Å². The molecule has 0 aliphatic carbocycles. The second-order valence-corrected chi connectivity index (χ2v) is 8.73.